The van der Waals surface area contributed by atoms with Crippen LogP contribution in [0.5, 0.6) is 0 Å². The summed E-state index contributed by atoms with van der Waals surface area (Å²) in [6, 6.07) is 7.86. The zero-order valence-corrected chi connectivity index (χ0v) is 9.80. The summed E-state index contributed by atoms with van der Waals surface area (Å²) in [5, 5.41) is 10.3. The molecule has 19 heavy (non-hydrogen) atoms. The molecular formula is C12H10FN5O. The van der Waals surface area contributed by atoms with Gasteiger partial charge in [-0.25, -0.2) is 4.39 Å². The van der Waals surface area contributed by atoms with E-state index in [-0.39, 0.29) is 5.82 Å². The molecule has 0 aliphatic carbocycles. The van der Waals surface area contributed by atoms with Crippen molar-refractivity contribution in [3.63, 3.8) is 0 Å². The van der Waals surface area contributed by atoms with Crippen molar-refractivity contribution < 1.29 is 8.91 Å². The first kappa shape index (κ1) is 11.4. The highest BCUT2D eigenvalue weighted by Gasteiger charge is 2.11. The summed E-state index contributed by atoms with van der Waals surface area (Å²) in [4.78, 5) is 4.19. The molecule has 0 spiro atoms. The Hall–Kier alpha value is -2.70. The van der Waals surface area contributed by atoms with Crippen molar-refractivity contribution in [1.82, 2.24) is 20.3 Å². The van der Waals surface area contributed by atoms with Crippen molar-refractivity contribution in [2.24, 2.45) is 0 Å². The average molecular weight is 259 g/mol. The number of aromatic amines is 1. The normalized spacial score (nSPS) is 10.8. The van der Waals surface area contributed by atoms with Gasteiger partial charge in [0.25, 0.3) is 5.89 Å². The van der Waals surface area contributed by atoms with Crippen molar-refractivity contribution in [3.05, 3.63) is 47.5 Å². The van der Waals surface area contributed by atoms with Crippen LogP contribution in [0.3, 0.4) is 0 Å². The van der Waals surface area contributed by atoms with Gasteiger partial charge in [0.05, 0.1) is 0 Å². The molecule has 0 bridgehead atoms. The fraction of sp³-hybridized carbons (Fsp3) is 0.0833. The number of anilines is 1. The van der Waals surface area contributed by atoms with E-state index in [1.54, 1.807) is 18.2 Å². The van der Waals surface area contributed by atoms with Crippen molar-refractivity contribution in [2.75, 3.05) is 5.73 Å². The zero-order valence-electron chi connectivity index (χ0n) is 9.80. The lowest BCUT2D eigenvalue weighted by Crippen LogP contribution is -1.91. The van der Waals surface area contributed by atoms with E-state index < -0.39 is 0 Å². The van der Waals surface area contributed by atoms with Crippen molar-refractivity contribution >= 4 is 5.82 Å². The van der Waals surface area contributed by atoms with Crippen molar-refractivity contribution in [1.29, 1.82) is 0 Å². The van der Waals surface area contributed by atoms with Gasteiger partial charge < -0.3 is 10.3 Å². The van der Waals surface area contributed by atoms with Gasteiger partial charge in [-0.2, -0.15) is 10.1 Å². The summed E-state index contributed by atoms with van der Waals surface area (Å²) in [6.07, 6.45) is 0.394. The highest BCUT2D eigenvalue weighted by Crippen LogP contribution is 2.17. The van der Waals surface area contributed by atoms with Crippen LogP contribution < -0.4 is 5.73 Å². The molecule has 0 amide bonds. The van der Waals surface area contributed by atoms with E-state index in [2.05, 4.69) is 20.3 Å². The van der Waals surface area contributed by atoms with Gasteiger partial charge >= 0.3 is 0 Å². The largest absolute Gasteiger partial charge is 0.382 e. The number of nitrogen functional groups attached to an aromatic ring is 1. The first-order valence-corrected chi connectivity index (χ1v) is 5.59. The summed E-state index contributed by atoms with van der Waals surface area (Å²) in [6.45, 7) is 0. The summed E-state index contributed by atoms with van der Waals surface area (Å²) >= 11 is 0. The molecule has 3 aromatic rings. The minimum Gasteiger partial charge on any atom is -0.382 e. The molecule has 0 radical (unpaired) electrons. The molecule has 0 aliphatic rings. The third-order valence-electron chi connectivity index (χ3n) is 2.55. The quantitative estimate of drug-likeness (QED) is 0.747. The number of hydrogen-bond acceptors (Lipinski definition) is 5. The Kier molecular flexibility index (Phi) is 2.71. The molecule has 0 atom stereocenters. The van der Waals surface area contributed by atoms with Crippen LogP contribution in [0.1, 0.15) is 11.4 Å². The lowest BCUT2D eigenvalue weighted by atomic mass is 10.1. The maximum atomic E-state index is 13.1. The van der Waals surface area contributed by atoms with Crippen molar-refractivity contribution in [2.45, 2.75) is 6.42 Å². The molecule has 2 heterocycles. The van der Waals surface area contributed by atoms with Gasteiger partial charge in [-0.3, -0.25) is 5.10 Å². The number of nitrogens with zero attached hydrogens (tertiary/aromatic N) is 3. The summed E-state index contributed by atoms with van der Waals surface area (Å²) < 4.78 is 18.1. The Labute approximate surface area is 107 Å². The van der Waals surface area contributed by atoms with E-state index in [0.717, 1.165) is 5.56 Å². The molecule has 96 valence electrons. The molecule has 0 unspecified atom stereocenters. The SMILES string of the molecule is Nc1cc(-c2nc(Cc3cccc(F)c3)no2)[nH]n1. The number of aromatic nitrogens is 4. The second kappa shape index (κ2) is 4.52. The van der Waals surface area contributed by atoms with E-state index in [1.165, 1.54) is 12.1 Å². The number of hydrogen-bond donors (Lipinski definition) is 2. The Bertz CT molecular complexity index is 705. The number of halogens is 1. The first-order valence-electron chi connectivity index (χ1n) is 5.59. The summed E-state index contributed by atoms with van der Waals surface area (Å²) in [5.41, 5.74) is 6.81. The Morgan fingerprint density at radius 2 is 2.21 bits per heavy atom. The van der Waals surface area contributed by atoms with Gasteiger partial charge in [0.15, 0.2) is 5.82 Å². The van der Waals surface area contributed by atoms with Crippen LogP contribution in [0.25, 0.3) is 11.6 Å². The number of benzene rings is 1. The van der Waals surface area contributed by atoms with Gasteiger partial charge in [0.1, 0.15) is 17.3 Å². The van der Waals surface area contributed by atoms with E-state index in [1.807, 2.05) is 0 Å². The summed E-state index contributed by atoms with van der Waals surface area (Å²) in [5.74, 6) is 0.826. The minimum atomic E-state index is -0.289. The van der Waals surface area contributed by atoms with Gasteiger partial charge in [-0.15, -0.1) is 0 Å². The molecule has 0 aliphatic heterocycles. The molecule has 2 aromatic heterocycles. The van der Waals surface area contributed by atoms with Crippen LogP contribution in [0.2, 0.25) is 0 Å². The molecule has 7 heteroatoms. The van der Waals surface area contributed by atoms with Crippen LogP contribution in [-0.4, -0.2) is 20.3 Å². The minimum absolute atomic E-state index is 0.289. The molecular weight excluding hydrogens is 249 g/mol. The van der Waals surface area contributed by atoms with Gasteiger partial charge in [0, 0.05) is 12.5 Å². The van der Waals surface area contributed by atoms with Crippen molar-refractivity contribution in [3.8, 4) is 11.6 Å². The van der Waals surface area contributed by atoms with Gasteiger partial charge in [-0.1, -0.05) is 17.3 Å². The molecule has 0 saturated heterocycles. The monoisotopic (exact) mass is 259 g/mol. The zero-order chi connectivity index (χ0) is 13.2. The maximum absolute atomic E-state index is 13.1. The van der Waals surface area contributed by atoms with E-state index in [0.29, 0.717) is 29.6 Å². The van der Waals surface area contributed by atoms with Crippen LogP contribution in [-0.2, 0) is 6.42 Å². The first-order chi connectivity index (χ1) is 9.20. The van der Waals surface area contributed by atoms with Crippen LogP contribution in [0.15, 0.2) is 34.9 Å². The van der Waals surface area contributed by atoms with Crippen LogP contribution >= 0.6 is 0 Å². The molecule has 3 rings (SSSR count). The Morgan fingerprint density at radius 1 is 1.32 bits per heavy atom. The molecule has 3 N–H and O–H groups in total. The molecule has 6 nitrogen and oxygen atoms in total. The third kappa shape index (κ3) is 2.44. The fourth-order valence-corrected chi connectivity index (χ4v) is 1.71. The Balaban J connectivity index is 1.82. The van der Waals surface area contributed by atoms with E-state index in [9.17, 15) is 4.39 Å². The highest BCUT2D eigenvalue weighted by molar-refractivity contribution is 5.51. The van der Waals surface area contributed by atoms with Gasteiger partial charge in [-0.05, 0) is 17.7 Å². The third-order valence-corrected chi connectivity index (χ3v) is 2.55. The average Bonchev–Trinajstić information content (AvgIpc) is 2.98. The predicted octanol–water partition coefficient (Wildman–Crippen LogP) is 1.77. The van der Waals surface area contributed by atoms with E-state index >= 15 is 0 Å². The maximum Gasteiger partial charge on any atom is 0.276 e. The molecule has 0 saturated carbocycles. The molecule has 0 fully saturated rings. The second-order valence-corrected chi connectivity index (χ2v) is 4.03. The smallest absolute Gasteiger partial charge is 0.276 e. The number of nitrogens with two attached hydrogens (primary N) is 1. The van der Waals surface area contributed by atoms with Crippen LogP contribution in [0.4, 0.5) is 10.2 Å². The van der Waals surface area contributed by atoms with Crippen LogP contribution in [0, 0.1) is 5.82 Å². The topological polar surface area (TPSA) is 93.6 Å². The predicted molar refractivity (Wildman–Crippen MR) is 65.5 cm³/mol. The lowest BCUT2D eigenvalue weighted by molar-refractivity contribution is 0.422. The number of nitrogens with one attached hydrogen (secondary N) is 1. The highest BCUT2D eigenvalue weighted by atomic mass is 19.1. The second-order valence-electron chi connectivity index (χ2n) is 4.03. The molecule has 1 aromatic carbocycles. The standard InChI is InChI=1S/C12H10FN5O/c13-8-3-1-2-7(4-8)5-11-15-12(19-18-11)9-6-10(14)17-16-9/h1-4,6H,5H2,(H3,14,16,17). The number of rotatable bonds is 3. The van der Waals surface area contributed by atoms with Gasteiger partial charge in [0.2, 0.25) is 0 Å². The Morgan fingerprint density at radius 3 is 2.95 bits per heavy atom. The van der Waals surface area contributed by atoms with E-state index in [4.69, 9.17) is 10.3 Å². The number of H-pyrrole nitrogens is 1. The fourth-order valence-electron chi connectivity index (χ4n) is 1.71. The lowest BCUT2D eigenvalue weighted by Gasteiger charge is -1.95. The summed E-state index contributed by atoms with van der Waals surface area (Å²) in [7, 11) is 0.